The molecule has 1 saturated heterocycles. The Bertz CT molecular complexity index is 997. The van der Waals surface area contributed by atoms with Crippen molar-refractivity contribution in [2.45, 2.75) is 33.9 Å². The fourth-order valence-electron chi connectivity index (χ4n) is 4.25. The quantitative estimate of drug-likeness (QED) is 0.624. The lowest BCUT2D eigenvalue weighted by molar-refractivity contribution is 0.102. The summed E-state index contributed by atoms with van der Waals surface area (Å²) in [7, 11) is 0. The molecule has 0 atom stereocenters. The molecule has 4 rings (SSSR count). The van der Waals surface area contributed by atoms with E-state index in [9.17, 15) is 4.79 Å². The first-order valence-electron chi connectivity index (χ1n) is 11.1. The fourth-order valence-corrected chi connectivity index (χ4v) is 4.25. The Balaban J connectivity index is 1.37. The zero-order chi connectivity index (χ0) is 21.8. The summed E-state index contributed by atoms with van der Waals surface area (Å²) in [5.74, 6) is 0.794. The number of nitrogens with zero attached hydrogens (tertiary/aromatic N) is 3. The maximum absolute atomic E-state index is 12.9. The van der Waals surface area contributed by atoms with E-state index < -0.39 is 0 Å². The van der Waals surface area contributed by atoms with Gasteiger partial charge in [0.1, 0.15) is 5.76 Å². The van der Waals surface area contributed by atoms with Gasteiger partial charge in [-0.05, 0) is 56.3 Å². The number of piperazine rings is 1. The molecule has 6 heteroatoms. The van der Waals surface area contributed by atoms with Crippen molar-refractivity contribution in [3.05, 3.63) is 77.0 Å². The number of benzene rings is 1. The number of carbonyl (C=O) groups is 1. The van der Waals surface area contributed by atoms with Crippen LogP contribution in [0.1, 0.15) is 40.0 Å². The van der Waals surface area contributed by atoms with Gasteiger partial charge in [-0.1, -0.05) is 19.1 Å². The fraction of sp³-hybridized carbons (Fsp3) is 0.400. The Labute approximate surface area is 184 Å². The lowest BCUT2D eigenvalue weighted by Crippen LogP contribution is -2.45. The largest absolute Gasteiger partial charge is 0.467 e. The van der Waals surface area contributed by atoms with Crippen LogP contribution in [0.4, 0.5) is 5.69 Å². The molecule has 0 radical (unpaired) electrons. The first kappa shape index (κ1) is 21.4. The zero-order valence-corrected chi connectivity index (χ0v) is 18.7. The van der Waals surface area contributed by atoms with Crippen LogP contribution >= 0.6 is 0 Å². The molecule has 1 fully saturated rings. The predicted octanol–water partition coefficient (Wildman–Crippen LogP) is 4.14. The minimum Gasteiger partial charge on any atom is -0.467 e. The number of anilines is 1. The maximum Gasteiger partial charge on any atom is 0.257 e. The molecule has 164 valence electrons. The molecule has 1 N–H and O–H groups in total. The molecular weight excluding hydrogens is 388 g/mol. The molecule has 1 aliphatic heterocycles. The van der Waals surface area contributed by atoms with Gasteiger partial charge in [0.25, 0.3) is 5.91 Å². The summed E-state index contributed by atoms with van der Waals surface area (Å²) in [6.45, 7) is 13.4. The van der Waals surface area contributed by atoms with Gasteiger partial charge in [-0.15, -0.1) is 0 Å². The molecule has 6 nitrogen and oxygen atoms in total. The lowest BCUT2D eigenvalue weighted by Gasteiger charge is -2.34. The molecule has 1 amide bonds. The van der Waals surface area contributed by atoms with Gasteiger partial charge < -0.3 is 19.2 Å². The van der Waals surface area contributed by atoms with Crippen molar-refractivity contribution in [1.29, 1.82) is 0 Å². The first-order valence-corrected chi connectivity index (χ1v) is 11.1. The van der Waals surface area contributed by atoms with Gasteiger partial charge in [-0.2, -0.15) is 0 Å². The van der Waals surface area contributed by atoms with Crippen LogP contribution in [0.5, 0.6) is 0 Å². The van der Waals surface area contributed by atoms with Gasteiger partial charge in [0.2, 0.25) is 0 Å². The van der Waals surface area contributed by atoms with Crippen molar-refractivity contribution in [3.8, 4) is 0 Å². The van der Waals surface area contributed by atoms with Crippen LogP contribution in [0.15, 0.2) is 53.1 Å². The Morgan fingerprint density at radius 2 is 1.71 bits per heavy atom. The topological polar surface area (TPSA) is 53.6 Å². The van der Waals surface area contributed by atoms with E-state index >= 15 is 0 Å². The van der Waals surface area contributed by atoms with Gasteiger partial charge in [-0.25, -0.2) is 0 Å². The minimum atomic E-state index is -0.0813. The second-order valence-corrected chi connectivity index (χ2v) is 8.31. The van der Waals surface area contributed by atoms with Crippen molar-refractivity contribution in [2.24, 2.45) is 0 Å². The highest BCUT2D eigenvalue weighted by atomic mass is 16.3. The maximum atomic E-state index is 12.9. The van der Waals surface area contributed by atoms with Gasteiger partial charge in [-0.3, -0.25) is 9.69 Å². The average molecular weight is 421 g/mol. The van der Waals surface area contributed by atoms with Gasteiger partial charge in [0, 0.05) is 49.8 Å². The van der Waals surface area contributed by atoms with Crippen LogP contribution in [0.25, 0.3) is 0 Å². The first-order chi connectivity index (χ1) is 15.0. The number of furan rings is 1. The SMILES string of the molecule is CCN1CCN(Cc2ccc(NC(=O)c3cc(C)n(Cc4ccco4)c3C)cc2)CC1. The summed E-state index contributed by atoms with van der Waals surface area (Å²) < 4.78 is 7.57. The van der Waals surface area contributed by atoms with E-state index in [0.29, 0.717) is 12.1 Å². The smallest absolute Gasteiger partial charge is 0.257 e. The number of amides is 1. The van der Waals surface area contributed by atoms with E-state index in [-0.39, 0.29) is 5.91 Å². The van der Waals surface area contributed by atoms with Crippen molar-refractivity contribution >= 4 is 11.6 Å². The van der Waals surface area contributed by atoms with Crippen molar-refractivity contribution < 1.29 is 9.21 Å². The number of aryl methyl sites for hydroxylation is 1. The predicted molar refractivity (Wildman–Crippen MR) is 124 cm³/mol. The molecule has 3 heterocycles. The second kappa shape index (κ2) is 9.54. The third-order valence-corrected chi connectivity index (χ3v) is 6.24. The summed E-state index contributed by atoms with van der Waals surface area (Å²) in [5.41, 5.74) is 4.77. The summed E-state index contributed by atoms with van der Waals surface area (Å²) >= 11 is 0. The van der Waals surface area contributed by atoms with E-state index in [0.717, 1.165) is 62.1 Å². The van der Waals surface area contributed by atoms with E-state index in [4.69, 9.17) is 4.42 Å². The highest BCUT2D eigenvalue weighted by Crippen LogP contribution is 2.20. The molecule has 1 aromatic carbocycles. The molecule has 1 aliphatic rings. The number of nitrogens with one attached hydrogen (secondary N) is 1. The van der Waals surface area contributed by atoms with Crippen LogP contribution in [-0.2, 0) is 13.1 Å². The van der Waals surface area contributed by atoms with E-state index in [2.05, 4.69) is 38.7 Å². The number of hydrogen-bond donors (Lipinski definition) is 1. The summed E-state index contributed by atoms with van der Waals surface area (Å²) in [6, 6.07) is 14.0. The van der Waals surface area contributed by atoms with Crippen molar-refractivity contribution in [1.82, 2.24) is 14.4 Å². The highest BCUT2D eigenvalue weighted by Gasteiger charge is 2.18. The van der Waals surface area contributed by atoms with Crippen molar-refractivity contribution in [3.63, 3.8) is 0 Å². The van der Waals surface area contributed by atoms with Gasteiger partial charge >= 0.3 is 0 Å². The van der Waals surface area contributed by atoms with Crippen molar-refractivity contribution in [2.75, 3.05) is 38.0 Å². The standard InChI is InChI=1S/C25H32N4O2/c1-4-27-11-13-28(14-12-27)17-21-7-9-22(10-8-21)26-25(30)24-16-19(2)29(20(24)3)18-23-6-5-15-31-23/h5-10,15-16H,4,11-14,17-18H2,1-3H3,(H,26,30). The summed E-state index contributed by atoms with van der Waals surface area (Å²) in [6.07, 6.45) is 1.67. The Hall–Kier alpha value is -2.83. The molecule has 2 aromatic heterocycles. The molecule has 0 saturated carbocycles. The van der Waals surface area contributed by atoms with Crippen LogP contribution < -0.4 is 5.32 Å². The third-order valence-electron chi connectivity index (χ3n) is 6.24. The Morgan fingerprint density at radius 1 is 1.00 bits per heavy atom. The molecular formula is C25H32N4O2. The number of hydrogen-bond acceptors (Lipinski definition) is 4. The number of aromatic nitrogens is 1. The minimum absolute atomic E-state index is 0.0813. The average Bonchev–Trinajstić information content (AvgIpc) is 3.39. The van der Waals surface area contributed by atoms with E-state index in [1.165, 1.54) is 5.56 Å². The monoisotopic (exact) mass is 420 g/mol. The van der Waals surface area contributed by atoms with E-state index in [1.807, 2.05) is 44.2 Å². The lowest BCUT2D eigenvalue weighted by atomic mass is 10.1. The van der Waals surface area contributed by atoms with Crippen LogP contribution in [0, 0.1) is 13.8 Å². The molecule has 0 aliphatic carbocycles. The molecule has 0 bridgehead atoms. The number of carbonyl (C=O) groups excluding carboxylic acids is 1. The highest BCUT2D eigenvalue weighted by molar-refractivity contribution is 6.05. The number of rotatable bonds is 7. The normalized spacial score (nSPS) is 15.3. The summed E-state index contributed by atoms with van der Waals surface area (Å²) in [5, 5.41) is 3.05. The molecule has 3 aromatic rings. The van der Waals surface area contributed by atoms with Crippen LogP contribution in [0.3, 0.4) is 0 Å². The summed E-state index contributed by atoms with van der Waals surface area (Å²) in [4.78, 5) is 17.9. The Kier molecular flexibility index (Phi) is 6.59. The second-order valence-electron chi connectivity index (χ2n) is 8.31. The third kappa shape index (κ3) is 5.09. The number of likely N-dealkylation sites (N-methyl/N-ethyl adjacent to an activating group) is 1. The van der Waals surface area contributed by atoms with E-state index in [1.54, 1.807) is 6.26 Å². The van der Waals surface area contributed by atoms with Crippen LogP contribution in [0.2, 0.25) is 0 Å². The van der Waals surface area contributed by atoms with Crippen LogP contribution in [-0.4, -0.2) is 53.0 Å². The zero-order valence-electron chi connectivity index (χ0n) is 18.7. The molecule has 31 heavy (non-hydrogen) atoms. The van der Waals surface area contributed by atoms with Gasteiger partial charge in [0.15, 0.2) is 0 Å². The Morgan fingerprint density at radius 3 is 2.35 bits per heavy atom. The van der Waals surface area contributed by atoms with Gasteiger partial charge in [0.05, 0.1) is 18.4 Å². The molecule has 0 unspecified atom stereocenters. The molecule has 0 spiro atoms.